The second-order valence-electron chi connectivity index (χ2n) is 8.24. The van der Waals surface area contributed by atoms with Crippen LogP contribution in [0.1, 0.15) is 50.3 Å². The Labute approximate surface area is 159 Å². The number of hydrogen-bond acceptors (Lipinski definition) is 4. The summed E-state index contributed by atoms with van der Waals surface area (Å²) in [5.74, 6) is 0.211. The van der Waals surface area contributed by atoms with Gasteiger partial charge in [-0.2, -0.15) is 0 Å². The first-order valence-corrected chi connectivity index (χ1v) is 10.1. The number of fused-ring (bicyclic) bond motifs is 1. The molecule has 0 spiro atoms. The van der Waals surface area contributed by atoms with E-state index in [1.54, 1.807) is 11.2 Å². The van der Waals surface area contributed by atoms with Crippen molar-refractivity contribution in [3.8, 4) is 0 Å². The largest absolute Gasteiger partial charge is 0.481 e. The Balaban J connectivity index is 1.39. The fraction of sp³-hybridized carbons (Fsp3) is 0.700. The maximum Gasteiger partial charge on any atom is 0.317 e. The van der Waals surface area contributed by atoms with Crippen molar-refractivity contribution in [3.63, 3.8) is 0 Å². The SMILES string of the molecule is O=C(NCC(c1ccco1)N1CCCCC1)N1C[C@@H]2CCC[C@@]2(C(=O)O)C1. The lowest BCUT2D eigenvalue weighted by atomic mass is 9.81. The predicted octanol–water partition coefficient (Wildman–Crippen LogP) is 2.70. The van der Waals surface area contributed by atoms with E-state index in [-0.39, 0.29) is 18.0 Å². The Morgan fingerprint density at radius 1 is 1.30 bits per heavy atom. The second-order valence-corrected chi connectivity index (χ2v) is 8.24. The van der Waals surface area contributed by atoms with E-state index in [1.807, 2.05) is 12.1 Å². The molecule has 2 aliphatic heterocycles. The van der Waals surface area contributed by atoms with Crippen LogP contribution >= 0.6 is 0 Å². The number of likely N-dealkylation sites (tertiary alicyclic amines) is 2. The molecule has 0 aromatic carbocycles. The summed E-state index contributed by atoms with van der Waals surface area (Å²) in [6, 6.07) is 3.72. The van der Waals surface area contributed by atoms with Gasteiger partial charge in [0.05, 0.1) is 17.7 Å². The molecule has 27 heavy (non-hydrogen) atoms. The highest BCUT2D eigenvalue weighted by Gasteiger charge is 2.55. The highest BCUT2D eigenvalue weighted by atomic mass is 16.4. The molecule has 3 heterocycles. The van der Waals surface area contributed by atoms with Crippen LogP contribution < -0.4 is 5.32 Å². The van der Waals surface area contributed by atoms with E-state index in [2.05, 4.69) is 10.2 Å². The Hall–Kier alpha value is -2.02. The molecule has 148 valence electrons. The first-order valence-electron chi connectivity index (χ1n) is 10.1. The van der Waals surface area contributed by atoms with Gasteiger partial charge in [-0.1, -0.05) is 12.8 Å². The fourth-order valence-corrected chi connectivity index (χ4v) is 5.21. The van der Waals surface area contributed by atoms with Crippen molar-refractivity contribution in [1.82, 2.24) is 15.1 Å². The minimum absolute atomic E-state index is 0.0276. The van der Waals surface area contributed by atoms with Crippen LogP contribution in [0.5, 0.6) is 0 Å². The summed E-state index contributed by atoms with van der Waals surface area (Å²) in [4.78, 5) is 28.7. The zero-order valence-corrected chi connectivity index (χ0v) is 15.7. The molecule has 0 bridgehead atoms. The summed E-state index contributed by atoms with van der Waals surface area (Å²) in [6.45, 7) is 3.37. The monoisotopic (exact) mass is 375 g/mol. The molecule has 4 rings (SSSR count). The summed E-state index contributed by atoms with van der Waals surface area (Å²) >= 11 is 0. The maximum absolute atomic E-state index is 12.8. The van der Waals surface area contributed by atoms with Crippen LogP contribution in [0.4, 0.5) is 4.79 Å². The lowest BCUT2D eigenvalue weighted by molar-refractivity contribution is -0.149. The van der Waals surface area contributed by atoms with Crippen molar-refractivity contribution in [3.05, 3.63) is 24.2 Å². The molecule has 3 aliphatic rings. The number of urea groups is 1. The highest BCUT2D eigenvalue weighted by molar-refractivity contribution is 5.80. The summed E-state index contributed by atoms with van der Waals surface area (Å²) in [7, 11) is 0. The number of carbonyl (C=O) groups is 2. The average Bonchev–Trinajstić information content (AvgIpc) is 3.38. The van der Waals surface area contributed by atoms with E-state index in [1.165, 1.54) is 19.3 Å². The first kappa shape index (κ1) is 18.3. The minimum Gasteiger partial charge on any atom is -0.481 e. The van der Waals surface area contributed by atoms with E-state index in [9.17, 15) is 14.7 Å². The Morgan fingerprint density at radius 3 is 2.78 bits per heavy atom. The van der Waals surface area contributed by atoms with Gasteiger partial charge >= 0.3 is 12.0 Å². The highest BCUT2D eigenvalue weighted by Crippen LogP contribution is 2.48. The summed E-state index contributed by atoms with van der Waals surface area (Å²) in [5, 5.41) is 12.8. The minimum atomic E-state index is -0.748. The number of hydrogen-bond donors (Lipinski definition) is 2. The van der Waals surface area contributed by atoms with Crippen LogP contribution in [0, 0.1) is 11.3 Å². The smallest absolute Gasteiger partial charge is 0.317 e. The number of carbonyl (C=O) groups excluding carboxylic acids is 1. The predicted molar refractivity (Wildman–Crippen MR) is 99.3 cm³/mol. The molecular formula is C20H29N3O4. The van der Waals surface area contributed by atoms with Crippen LogP contribution in [-0.2, 0) is 4.79 Å². The van der Waals surface area contributed by atoms with Gasteiger partial charge in [0.1, 0.15) is 5.76 Å². The van der Waals surface area contributed by atoms with Gasteiger partial charge in [0.2, 0.25) is 0 Å². The standard InChI is InChI=1S/C20H29N3O4/c24-18(25)20-8-4-6-15(20)13-23(14-20)19(26)21-12-16(17-7-5-11-27-17)22-9-2-1-3-10-22/h5,7,11,15-16H,1-4,6,8-10,12-14H2,(H,21,26)(H,24,25)/t15-,16?,20+/m0/s1. The molecule has 1 aromatic heterocycles. The van der Waals surface area contributed by atoms with Gasteiger partial charge in [-0.3, -0.25) is 9.69 Å². The van der Waals surface area contributed by atoms with E-state index in [0.717, 1.165) is 31.7 Å². The molecular weight excluding hydrogens is 346 g/mol. The van der Waals surface area contributed by atoms with Gasteiger partial charge in [-0.25, -0.2) is 4.79 Å². The first-order chi connectivity index (χ1) is 13.1. The van der Waals surface area contributed by atoms with Gasteiger partial charge < -0.3 is 19.7 Å². The van der Waals surface area contributed by atoms with Crippen molar-refractivity contribution < 1.29 is 19.1 Å². The van der Waals surface area contributed by atoms with Crippen molar-refractivity contribution in [2.24, 2.45) is 11.3 Å². The number of nitrogens with one attached hydrogen (secondary N) is 1. The topological polar surface area (TPSA) is 86.0 Å². The van der Waals surface area contributed by atoms with Crippen molar-refractivity contribution in [2.45, 2.75) is 44.6 Å². The summed E-state index contributed by atoms with van der Waals surface area (Å²) < 4.78 is 5.63. The van der Waals surface area contributed by atoms with Crippen LogP contribution in [0.15, 0.2) is 22.8 Å². The number of nitrogens with zero attached hydrogens (tertiary/aromatic N) is 2. The molecule has 3 atom stereocenters. The molecule has 2 N–H and O–H groups in total. The molecule has 1 aromatic rings. The maximum atomic E-state index is 12.8. The molecule has 2 saturated heterocycles. The second kappa shape index (κ2) is 7.54. The van der Waals surface area contributed by atoms with E-state index in [0.29, 0.717) is 26.1 Å². The quantitative estimate of drug-likeness (QED) is 0.826. The molecule has 2 amide bonds. The van der Waals surface area contributed by atoms with Crippen LogP contribution in [0.3, 0.4) is 0 Å². The molecule has 1 aliphatic carbocycles. The van der Waals surface area contributed by atoms with E-state index >= 15 is 0 Å². The van der Waals surface area contributed by atoms with Crippen LogP contribution in [-0.4, -0.2) is 59.6 Å². The van der Waals surface area contributed by atoms with Gasteiger partial charge in [0.15, 0.2) is 0 Å². The molecule has 0 radical (unpaired) electrons. The number of carboxylic acids is 1. The summed E-state index contributed by atoms with van der Waals surface area (Å²) in [6.07, 6.45) is 7.78. The third-order valence-corrected chi connectivity index (χ3v) is 6.73. The molecule has 7 heteroatoms. The number of carboxylic acid groups (broad SMARTS) is 1. The molecule has 3 fully saturated rings. The number of piperidine rings is 1. The third-order valence-electron chi connectivity index (χ3n) is 6.73. The molecule has 7 nitrogen and oxygen atoms in total. The normalized spacial score (nSPS) is 29.5. The molecule has 1 saturated carbocycles. The Kier molecular flexibility index (Phi) is 5.12. The fourth-order valence-electron chi connectivity index (χ4n) is 5.21. The number of aliphatic carboxylic acids is 1. The van der Waals surface area contributed by atoms with Crippen molar-refractivity contribution in [2.75, 3.05) is 32.7 Å². The van der Waals surface area contributed by atoms with Crippen molar-refractivity contribution >= 4 is 12.0 Å². The summed E-state index contributed by atoms with van der Waals surface area (Å²) in [5.41, 5.74) is -0.732. The lowest BCUT2D eigenvalue weighted by Crippen LogP contribution is -2.45. The Bertz CT molecular complexity index is 671. The zero-order valence-electron chi connectivity index (χ0n) is 15.7. The van der Waals surface area contributed by atoms with E-state index in [4.69, 9.17) is 4.42 Å². The number of amides is 2. The number of furan rings is 1. The van der Waals surface area contributed by atoms with Gasteiger partial charge in [-0.15, -0.1) is 0 Å². The van der Waals surface area contributed by atoms with Gasteiger partial charge in [0, 0.05) is 19.6 Å². The van der Waals surface area contributed by atoms with Crippen molar-refractivity contribution in [1.29, 1.82) is 0 Å². The third kappa shape index (κ3) is 3.45. The van der Waals surface area contributed by atoms with E-state index < -0.39 is 11.4 Å². The average molecular weight is 375 g/mol. The number of rotatable bonds is 5. The lowest BCUT2D eigenvalue weighted by Gasteiger charge is -2.34. The van der Waals surface area contributed by atoms with Gasteiger partial charge in [-0.05, 0) is 56.8 Å². The van der Waals surface area contributed by atoms with Crippen LogP contribution in [0.25, 0.3) is 0 Å². The van der Waals surface area contributed by atoms with Crippen LogP contribution in [0.2, 0.25) is 0 Å². The molecule has 1 unspecified atom stereocenters. The van der Waals surface area contributed by atoms with Gasteiger partial charge in [0.25, 0.3) is 0 Å². The Morgan fingerprint density at radius 2 is 2.11 bits per heavy atom. The zero-order chi connectivity index (χ0) is 18.9.